The Hall–Kier alpha value is -2.20. The van der Waals surface area contributed by atoms with Crippen LogP contribution in [0.1, 0.15) is 12.0 Å². The number of nitrogens with two attached hydrogens (primary N) is 1. The molecule has 0 spiro atoms. The van der Waals surface area contributed by atoms with Crippen molar-refractivity contribution in [2.75, 3.05) is 17.7 Å². The molecular weight excluding hydrogens is 288 g/mol. The van der Waals surface area contributed by atoms with Gasteiger partial charge in [-0.3, -0.25) is 4.79 Å². The summed E-state index contributed by atoms with van der Waals surface area (Å²) in [6, 6.07) is 12.5. The van der Waals surface area contributed by atoms with Crippen molar-refractivity contribution >= 4 is 28.9 Å². The lowest BCUT2D eigenvalue weighted by Gasteiger charge is -2.09. The highest BCUT2D eigenvalue weighted by atomic mass is 35.5. The van der Waals surface area contributed by atoms with E-state index in [1.807, 2.05) is 19.1 Å². The highest BCUT2D eigenvalue weighted by Gasteiger charge is 2.05. The Balaban J connectivity index is 1.80. The lowest BCUT2D eigenvalue weighted by atomic mass is 10.2. The number of anilines is 2. The van der Waals surface area contributed by atoms with E-state index in [-0.39, 0.29) is 18.9 Å². The molecule has 0 aromatic heterocycles. The summed E-state index contributed by atoms with van der Waals surface area (Å²) in [5.74, 6) is 0.463. The molecule has 0 unspecified atom stereocenters. The molecule has 0 bridgehead atoms. The number of ether oxygens (including phenoxy) is 1. The molecule has 3 N–H and O–H groups in total. The monoisotopic (exact) mass is 304 g/mol. The molecule has 5 heteroatoms. The molecule has 0 saturated carbocycles. The van der Waals surface area contributed by atoms with Gasteiger partial charge in [-0.25, -0.2) is 0 Å². The first-order valence-corrected chi connectivity index (χ1v) is 6.97. The normalized spacial score (nSPS) is 10.2. The van der Waals surface area contributed by atoms with E-state index in [4.69, 9.17) is 22.1 Å². The first-order chi connectivity index (χ1) is 10.0. The number of rotatable bonds is 5. The summed E-state index contributed by atoms with van der Waals surface area (Å²) in [7, 11) is 0. The van der Waals surface area contributed by atoms with Crippen molar-refractivity contribution in [1.29, 1.82) is 0 Å². The SMILES string of the molecule is Cc1ccc(OCCC(=O)Nc2ccc(N)cc2)c(Cl)c1. The Morgan fingerprint density at radius 2 is 1.95 bits per heavy atom. The second-order valence-corrected chi connectivity index (χ2v) is 5.11. The van der Waals surface area contributed by atoms with Gasteiger partial charge in [-0.15, -0.1) is 0 Å². The fraction of sp³-hybridized carbons (Fsp3) is 0.188. The summed E-state index contributed by atoms with van der Waals surface area (Å²) in [5, 5.41) is 3.32. The van der Waals surface area contributed by atoms with Crippen LogP contribution in [0.3, 0.4) is 0 Å². The third-order valence-electron chi connectivity index (χ3n) is 2.87. The summed E-state index contributed by atoms with van der Waals surface area (Å²) in [4.78, 5) is 11.8. The van der Waals surface area contributed by atoms with Crippen LogP contribution in [-0.2, 0) is 4.79 Å². The van der Waals surface area contributed by atoms with E-state index in [9.17, 15) is 4.79 Å². The van der Waals surface area contributed by atoms with Crippen LogP contribution in [-0.4, -0.2) is 12.5 Å². The van der Waals surface area contributed by atoms with Gasteiger partial charge in [0.25, 0.3) is 0 Å². The molecule has 2 aromatic rings. The number of halogens is 1. The van der Waals surface area contributed by atoms with Crippen molar-refractivity contribution < 1.29 is 9.53 Å². The number of hydrogen-bond acceptors (Lipinski definition) is 3. The molecule has 2 aromatic carbocycles. The molecule has 21 heavy (non-hydrogen) atoms. The summed E-state index contributed by atoms with van der Waals surface area (Å²) < 4.78 is 5.51. The Bertz CT molecular complexity index is 627. The molecule has 0 aliphatic rings. The molecule has 0 aliphatic heterocycles. The molecule has 0 saturated heterocycles. The zero-order valence-electron chi connectivity index (χ0n) is 11.7. The lowest BCUT2D eigenvalue weighted by Crippen LogP contribution is -2.15. The summed E-state index contributed by atoms with van der Waals surface area (Å²) in [6.07, 6.45) is 0.245. The third kappa shape index (κ3) is 4.68. The van der Waals surface area contributed by atoms with Crippen LogP contribution in [0.2, 0.25) is 5.02 Å². The van der Waals surface area contributed by atoms with Gasteiger partial charge in [-0.1, -0.05) is 17.7 Å². The lowest BCUT2D eigenvalue weighted by molar-refractivity contribution is -0.116. The standard InChI is InChI=1S/C16H17ClN2O2/c1-11-2-7-15(14(17)10-11)21-9-8-16(20)19-13-5-3-12(18)4-6-13/h2-7,10H,8-9,18H2,1H3,(H,19,20). The van der Waals surface area contributed by atoms with Crippen LogP contribution in [0.15, 0.2) is 42.5 Å². The second-order valence-electron chi connectivity index (χ2n) is 4.70. The molecule has 110 valence electrons. The molecule has 4 nitrogen and oxygen atoms in total. The van der Waals surface area contributed by atoms with E-state index < -0.39 is 0 Å². The Morgan fingerprint density at radius 3 is 2.62 bits per heavy atom. The predicted molar refractivity (Wildman–Crippen MR) is 85.8 cm³/mol. The number of benzene rings is 2. The van der Waals surface area contributed by atoms with Gasteiger partial charge in [0.15, 0.2) is 0 Å². The highest BCUT2D eigenvalue weighted by Crippen LogP contribution is 2.25. The number of carbonyl (C=O) groups excluding carboxylic acids is 1. The van der Waals surface area contributed by atoms with Gasteiger partial charge in [0.2, 0.25) is 5.91 Å². The number of hydrogen-bond donors (Lipinski definition) is 2. The smallest absolute Gasteiger partial charge is 0.227 e. The van der Waals surface area contributed by atoms with Crippen molar-refractivity contribution in [3.63, 3.8) is 0 Å². The average molecular weight is 305 g/mol. The fourth-order valence-corrected chi connectivity index (χ4v) is 2.06. The second kappa shape index (κ2) is 6.99. The minimum atomic E-state index is -0.122. The Kier molecular flexibility index (Phi) is 5.06. The molecule has 0 aliphatic carbocycles. The average Bonchev–Trinajstić information content (AvgIpc) is 2.44. The fourth-order valence-electron chi connectivity index (χ4n) is 1.77. The van der Waals surface area contributed by atoms with E-state index in [0.717, 1.165) is 5.56 Å². The molecule has 2 rings (SSSR count). The van der Waals surface area contributed by atoms with Crippen LogP contribution >= 0.6 is 11.6 Å². The van der Waals surface area contributed by atoms with Gasteiger partial charge >= 0.3 is 0 Å². The maximum Gasteiger partial charge on any atom is 0.227 e. The summed E-state index contributed by atoms with van der Waals surface area (Å²) >= 11 is 6.05. The van der Waals surface area contributed by atoms with Crippen molar-refractivity contribution in [2.45, 2.75) is 13.3 Å². The van der Waals surface area contributed by atoms with Gasteiger partial charge in [-0.05, 0) is 48.9 Å². The quantitative estimate of drug-likeness (QED) is 0.829. The maximum atomic E-state index is 11.8. The van der Waals surface area contributed by atoms with Crippen molar-refractivity contribution in [2.24, 2.45) is 0 Å². The van der Waals surface area contributed by atoms with Crippen LogP contribution < -0.4 is 15.8 Å². The number of nitrogens with one attached hydrogen (secondary N) is 1. The van der Waals surface area contributed by atoms with Gasteiger partial charge in [0.05, 0.1) is 18.1 Å². The largest absolute Gasteiger partial charge is 0.491 e. The van der Waals surface area contributed by atoms with Crippen LogP contribution in [0, 0.1) is 6.92 Å². The number of amides is 1. The van der Waals surface area contributed by atoms with Gasteiger partial charge < -0.3 is 15.8 Å². The Labute approximate surface area is 128 Å². The van der Waals surface area contributed by atoms with E-state index in [1.54, 1.807) is 30.3 Å². The molecule has 0 radical (unpaired) electrons. The van der Waals surface area contributed by atoms with Gasteiger partial charge in [0, 0.05) is 11.4 Å². The first kappa shape index (κ1) is 15.2. The topological polar surface area (TPSA) is 64.3 Å². The minimum absolute atomic E-state index is 0.122. The van der Waals surface area contributed by atoms with E-state index in [1.165, 1.54) is 0 Å². The van der Waals surface area contributed by atoms with E-state index in [0.29, 0.717) is 22.1 Å². The molecule has 0 atom stereocenters. The molecule has 0 heterocycles. The van der Waals surface area contributed by atoms with Crippen molar-refractivity contribution in [3.8, 4) is 5.75 Å². The summed E-state index contributed by atoms with van der Waals surface area (Å²) in [5.41, 5.74) is 8.01. The van der Waals surface area contributed by atoms with E-state index >= 15 is 0 Å². The molecule has 0 fully saturated rings. The number of aryl methyl sites for hydroxylation is 1. The zero-order valence-corrected chi connectivity index (χ0v) is 12.5. The summed E-state index contributed by atoms with van der Waals surface area (Å²) in [6.45, 7) is 2.22. The van der Waals surface area contributed by atoms with E-state index in [2.05, 4.69) is 5.32 Å². The zero-order chi connectivity index (χ0) is 15.2. The predicted octanol–water partition coefficient (Wildman–Crippen LogP) is 3.64. The maximum absolute atomic E-state index is 11.8. The first-order valence-electron chi connectivity index (χ1n) is 6.59. The molecular formula is C16H17ClN2O2. The van der Waals surface area contributed by atoms with Crippen LogP contribution in [0.5, 0.6) is 5.75 Å². The van der Waals surface area contributed by atoms with Crippen molar-refractivity contribution in [3.05, 3.63) is 53.1 Å². The molecule has 1 amide bonds. The number of nitrogen functional groups attached to an aromatic ring is 1. The Morgan fingerprint density at radius 1 is 1.24 bits per heavy atom. The van der Waals surface area contributed by atoms with Gasteiger partial charge in [-0.2, -0.15) is 0 Å². The van der Waals surface area contributed by atoms with Crippen LogP contribution in [0.4, 0.5) is 11.4 Å². The van der Waals surface area contributed by atoms with Crippen molar-refractivity contribution in [1.82, 2.24) is 0 Å². The minimum Gasteiger partial charge on any atom is -0.491 e. The third-order valence-corrected chi connectivity index (χ3v) is 3.16. The van der Waals surface area contributed by atoms with Crippen LogP contribution in [0.25, 0.3) is 0 Å². The van der Waals surface area contributed by atoms with Gasteiger partial charge in [0.1, 0.15) is 5.75 Å². The number of carbonyl (C=O) groups is 1. The highest BCUT2D eigenvalue weighted by molar-refractivity contribution is 6.32.